The van der Waals surface area contributed by atoms with Crippen molar-refractivity contribution in [2.24, 2.45) is 0 Å². The van der Waals surface area contributed by atoms with Gasteiger partial charge in [-0.2, -0.15) is 0 Å². The zero-order chi connectivity index (χ0) is 17.9. The van der Waals surface area contributed by atoms with Crippen molar-refractivity contribution in [3.63, 3.8) is 0 Å². The van der Waals surface area contributed by atoms with Crippen molar-refractivity contribution in [1.82, 2.24) is 0 Å². The van der Waals surface area contributed by atoms with Crippen LogP contribution in [-0.4, -0.2) is 25.4 Å². The predicted molar refractivity (Wildman–Crippen MR) is 51.8 cm³/mol. The average molecular weight is 509 g/mol. The Labute approximate surface area is 160 Å². The van der Waals surface area contributed by atoms with E-state index in [0.717, 1.165) is 0 Å². The molecular weight excluding hydrogens is 509 g/mol. The molecule has 2 radical (unpaired) electrons. The maximum Gasteiger partial charge on any atom is 3.00 e. The molecule has 0 N–H and O–H groups in total. The summed E-state index contributed by atoms with van der Waals surface area (Å²) in [6, 6.07) is 0. The van der Waals surface area contributed by atoms with Crippen LogP contribution in [0.3, 0.4) is 0 Å². The molecule has 0 fully saturated rings. The van der Waals surface area contributed by atoms with Gasteiger partial charge < -0.3 is 76.6 Å². The Balaban J connectivity index is -0.0000000250. The van der Waals surface area contributed by atoms with Gasteiger partial charge in [0.25, 0.3) is 0 Å². The molecule has 0 atom stereocenters. The first-order chi connectivity index (χ1) is 8.66. The van der Waals surface area contributed by atoms with Crippen LogP contribution in [0, 0.1) is 118 Å². The summed E-state index contributed by atoms with van der Waals surface area (Å²) in [7, 11) is 0. The third-order valence-corrected chi connectivity index (χ3v) is 0. The Bertz CT molecular complexity index is 213. The molecule has 0 amide bonds. The van der Waals surface area contributed by atoms with Gasteiger partial charge in [-0.15, -0.1) is 0 Å². The molecule has 0 aliphatic rings. The average Bonchev–Trinajstić information content (AvgIpc) is 1.94. The summed E-state index contributed by atoms with van der Waals surface area (Å²) in [4.78, 5) is 41.2. The van der Waals surface area contributed by atoms with Gasteiger partial charge in [-0.25, -0.2) is 0 Å². The first-order valence-electron chi connectivity index (χ1n) is 2.74. The maximum absolute atomic E-state index is 8.25. The third kappa shape index (κ3) is 1140. The summed E-state index contributed by atoms with van der Waals surface area (Å²) in [5, 5.41) is 73.8. The van der Waals surface area contributed by atoms with Crippen LogP contribution in [0.5, 0.6) is 0 Å². The monoisotopic (exact) mass is 509 g/mol. The van der Waals surface area contributed by atoms with Gasteiger partial charge in [0.05, 0.1) is 25.4 Å². The van der Waals surface area contributed by atoms with Gasteiger partial charge in [-0.1, -0.05) is 0 Å². The Hall–Kier alpha value is -2.12. The number of hydrogen-bond acceptors (Lipinski definition) is 15. The van der Waals surface area contributed by atoms with Gasteiger partial charge in [0.15, 0.2) is 0 Å². The Morgan fingerprint density at radius 2 is 0.364 bits per heavy atom. The van der Waals surface area contributed by atoms with E-state index in [0.29, 0.717) is 0 Å². The van der Waals surface area contributed by atoms with E-state index in [9.17, 15) is 0 Å². The van der Waals surface area contributed by atoms with Crippen molar-refractivity contribution in [3.8, 4) is 0 Å². The largest absolute Gasteiger partial charge is 3.00 e. The van der Waals surface area contributed by atoms with Crippen molar-refractivity contribution >= 4 is 0 Å². The normalized spacial score (nSPS) is 5.45. The Morgan fingerprint density at radius 3 is 0.364 bits per heavy atom. The quantitative estimate of drug-likeness (QED) is 0.273. The first kappa shape index (κ1) is 42.7. The Morgan fingerprint density at radius 1 is 0.364 bits per heavy atom. The minimum Gasteiger partial charge on any atom is -0.356 e. The second kappa shape index (κ2) is 36.4. The summed E-state index contributed by atoms with van der Waals surface area (Å²) < 4.78 is 0. The zero-order valence-electron chi connectivity index (χ0n) is 9.19. The Kier molecular flexibility index (Phi) is 70.6. The van der Waals surface area contributed by atoms with Crippen LogP contribution in [0.1, 0.15) is 0 Å². The molecule has 22 heavy (non-hydrogen) atoms. The predicted octanol–water partition coefficient (Wildman–Crippen LogP) is -1.20. The van der Waals surface area contributed by atoms with E-state index >= 15 is 0 Å². The molecule has 0 aromatic carbocycles. The molecule has 0 saturated carbocycles. The first-order valence-corrected chi connectivity index (χ1v) is 2.74. The van der Waals surface area contributed by atoms with Gasteiger partial charge in [-0.3, -0.25) is 0 Å². The molecule has 0 aliphatic carbocycles. The summed E-state index contributed by atoms with van der Waals surface area (Å²) in [5.41, 5.74) is 0. The van der Waals surface area contributed by atoms with Crippen LogP contribution in [0.25, 0.3) is 0 Å². The van der Waals surface area contributed by atoms with E-state index in [1.807, 2.05) is 0 Å². The number of rotatable bonds is 0. The molecule has 0 aromatic rings. The van der Waals surface area contributed by atoms with E-state index in [1.165, 1.54) is 0 Å². The molecule has 0 heterocycles. The second-order valence-electron chi connectivity index (χ2n) is 1.12. The van der Waals surface area contributed by atoms with Crippen molar-refractivity contribution in [2.75, 3.05) is 0 Å². The van der Waals surface area contributed by atoms with Gasteiger partial charge in [-0.05, 0) is 0 Å². The van der Waals surface area contributed by atoms with Gasteiger partial charge >= 0.3 is 58.5 Å². The minimum absolute atomic E-state index is 0. The minimum atomic E-state index is -1.75. The molecule has 128 valence electrons. The van der Waals surface area contributed by atoms with Gasteiger partial charge in [0.1, 0.15) is 0 Å². The van der Waals surface area contributed by atoms with E-state index < -0.39 is 25.4 Å². The van der Waals surface area contributed by atoms with Crippen molar-refractivity contribution < 1.29 is 84.0 Å². The topological polar surface area (TPSA) is 331 Å². The van der Waals surface area contributed by atoms with E-state index in [2.05, 4.69) is 0 Å². The second-order valence-corrected chi connectivity index (χ2v) is 1.12. The van der Waals surface area contributed by atoms with Crippen LogP contribution >= 0.6 is 0 Å². The van der Waals surface area contributed by atoms with Gasteiger partial charge in [0, 0.05) is 0 Å². The maximum atomic E-state index is 8.25. The molecule has 0 spiro atoms. The molecule has 20 nitrogen and oxygen atoms in total. The number of hydrogen-bond donors (Lipinski definition) is 0. The van der Waals surface area contributed by atoms with Crippen molar-refractivity contribution in [1.29, 1.82) is 0 Å². The fourth-order valence-electron chi connectivity index (χ4n) is 0. The summed E-state index contributed by atoms with van der Waals surface area (Å²) in [6.07, 6.45) is 0. The molecule has 0 aromatic heterocycles. The molecule has 0 aliphatic heterocycles. The molecular formula is CeCoN5O15. The van der Waals surface area contributed by atoms with Crippen molar-refractivity contribution in [3.05, 3.63) is 76.6 Å². The summed E-state index contributed by atoms with van der Waals surface area (Å²) >= 11 is 0. The zero-order valence-corrected chi connectivity index (χ0v) is 13.4. The third-order valence-electron chi connectivity index (χ3n) is 0. The van der Waals surface area contributed by atoms with E-state index in [-0.39, 0.29) is 58.5 Å². The van der Waals surface area contributed by atoms with Crippen molar-refractivity contribution in [2.45, 2.75) is 0 Å². The number of nitrogens with zero attached hydrogens (tertiary/aromatic N) is 5. The molecule has 0 rings (SSSR count). The smallest absolute Gasteiger partial charge is 0.356 e. The molecule has 22 heteroatoms. The van der Waals surface area contributed by atoms with Crippen LogP contribution < -0.4 is 0 Å². The van der Waals surface area contributed by atoms with Crippen LogP contribution in [0.15, 0.2) is 0 Å². The fraction of sp³-hybridized carbons (Fsp3) is 0. The fourth-order valence-corrected chi connectivity index (χ4v) is 0. The standard InChI is InChI=1S/Ce.Co.5NO3/c;;5*2-1(3)4/q+3;+2;5*-1. The SMILES string of the molecule is O=[N+]([O-])[O-].O=[N+]([O-])[O-].O=[N+]([O-])[O-].O=[N+]([O-])[O-].O=[N+]([O-])[O-].[Ce+3].[Co+2]. The summed E-state index contributed by atoms with van der Waals surface area (Å²) in [6.45, 7) is 0. The van der Waals surface area contributed by atoms with Crippen LogP contribution in [0.2, 0.25) is 0 Å². The molecule has 0 saturated heterocycles. The summed E-state index contributed by atoms with van der Waals surface area (Å²) in [5.74, 6) is 0. The van der Waals surface area contributed by atoms with Crippen LogP contribution in [0.4, 0.5) is 0 Å². The van der Waals surface area contributed by atoms with E-state index in [1.54, 1.807) is 0 Å². The van der Waals surface area contributed by atoms with Crippen LogP contribution in [-0.2, 0) is 16.8 Å². The van der Waals surface area contributed by atoms with E-state index in [4.69, 9.17) is 76.6 Å². The molecule has 0 unspecified atom stereocenters. The molecule has 0 bridgehead atoms. The van der Waals surface area contributed by atoms with Gasteiger partial charge in [0.2, 0.25) is 0 Å².